The second-order valence-corrected chi connectivity index (χ2v) is 5.82. The quantitative estimate of drug-likeness (QED) is 0.615. The van der Waals surface area contributed by atoms with Crippen LogP contribution in [-0.2, 0) is 0 Å². The van der Waals surface area contributed by atoms with Crippen LogP contribution in [-0.4, -0.2) is 15.8 Å². The van der Waals surface area contributed by atoms with Crippen LogP contribution in [0.5, 0.6) is 5.75 Å². The van der Waals surface area contributed by atoms with Gasteiger partial charge in [-0.05, 0) is 18.2 Å². The number of nitrogens with zero attached hydrogens (tertiary/aromatic N) is 2. The molecule has 0 fully saturated rings. The molecule has 6 heteroatoms. The highest BCUT2D eigenvalue weighted by molar-refractivity contribution is 6.35. The number of Topliss-reactive ketones (excluding diaryl/α,β-unsaturated/α-hetero) is 1. The van der Waals surface area contributed by atoms with Crippen molar-refractivity contribution < 1.29 is 9.53 Å². The van der Waals surface area contributed by atoms with Crippen molar-refractivity contribution in [3.63, 3.8) is 0 Å². The maximum atomic E-state index is 12.9. The molecule has 1 atom stereocenters. The standard InChI is InChI=1S/C18H12Cl2N2O2/c19-14-6-7-16(15(20)8-14)24-18(12-4-2-1-3-5-12)17(23)13-9-21-11-22-10-13/h1-11,18H. The van der Waals surface area contributed by atoms with E-state index in [1.165, 1.54) is 18.7 Å². The van der Waals surface area contributed by atoms with Crippen molar-refractivity contribution in [3.05, 3.63) is 88.4 Å². The monoisotopic (exact) mass is 358 g/mol. The smallest absolute Gasteiger partial charge is 0.211 e. The van der Waals surface area contributed by atoms with Crippen molar-refractivity contribution in [3.8, 4) is 5.75 Å². The summed E-state index contributed by atoms with van der Waals surface area (Å²) in [7, 11) is 0. The van der Waals surface area contributed by atoms with E-state index >= 15 is 0 Å². The summed E-state index contributed by atoms with van der Waals surface area (Å²) in [5.41, 5.74) is 1.06. The van der Waals surface area contributed by atoms with Gasteiger partial charge in [-0.2, -0.15) is 0 Å². The Bertz CT molecular complexity index is 842. The van der Waals surface area contributed by atoms with Crippen LogP contribution in [0.15, 0.2) is 67.3 Å². The van der Waals surface area contributed by atoms with E-state index in [4.69, 9.17) is 27.9 Å². The first-order valence-corrected chi connectivity index (χ1v) is 7.86. The molecule has 24 heavy (non-hydrogen) atoms. The van der Waals surface area contributed by atoms with Crippen molar-refractivity contribution in [2.45, 2.75) is 6.10 Å². The van der Waals surface area contributed by atoms with E-state index in [2.05, 4.69) is 9.97 Å². The lowest BCUT2D eigenvalue weighted by Crippen LogP contribution is -2.19. The van der Waals surface area contributed by atoms with Gasteiger partial charge in [0.05, 0.1) is 10.6 Å². The van der Waals surface area contributed by atoms with Gasteiger partial charge < -0.3 is 4.74 Å². The fraction of sp³-hybridized carbons (Fsp3) is 0.0556. The van der Waals surface area contributed by atoms with Crippen LogP contribution in [0.3, 0.4) is 0 Å². The van der Waals surface area contributed by atoms with Gasteiger partial charge in [0.1, 0.15) is 12.1 Å². The van der Waals surface area contributed by atoms with Crippen LogP contribution in [0.1, 0.15) is 22.0 Å². The summed E-state index contributed by atoms with van der Waals surface area (Å²) in [6.45, 7) is 0. The highest BCUT2D eigenvalue weighted by Crippen LogP contribution is 2.32. The van der Waals surface area contributed by atoms with Crippen LogP contribution >= 0.6 is 23.2 Å². The Morgan fingerprint density at radius 1 is 1.00 bits per heavy atom. The number of ether oxygens (including phenoxy) is 1. The molecule has 3 aromatic rings. The van der Waals surface area contributed by atoms with Crippen LogP contribution in [0.4, 0.5) is 0 Å². The minimum absolute atomic E-state index is 0.257. The van der Waals surface area contributed by atoms with Gasteiger partial charge in [-0.3, -0.25) is 4.79 Å². The first-order valence-electron chi connectivity index (χ1n) is 7.11. The summed E-state index contributed by atoms with van der Waals surface area (Å²) >= 11 is 12.1. The molecule has 0 N–H and O–H groups in total. The zero-order valence-corrected chi connectivity index (χ0v) is 13.9. The van der Waals surface area contributed by atoms with Crippen LogP contribution in [0.2, 0.25) is 10.0 Å². The summed E-state index contributed by atoms with van der Waals surface area (Å²) in [6, 6.07) is 14.0. The number of hydrogen-bond donors (Lipinski definition) is 0. The van der Waals surface area contributed by atoms with E-state index in [1.54, 1.807) is 18.2 Å². The van der Waals surface area contributed by atoms with Gasteiger partial charge in [-0.1, -0.05) is 53.5 Å². The van der Waals surface area contributed by atoms with E-state index < -0.39 is 6.10 Å². The minimum atomic E-state index is -0.865. The van der Waals surface area contributed by atoms with Crippen LogP contribution < -0.4 is 4.74 Å². The molecule has 0 spiro atoms. The van der Waals surface area contributed by atoms with Gasteiger partial charge in [-0.15, -0.1) is 0 Å². The van der Waals surface area contributed by atoms with Crippen molar-refractivity contribution in [2.75, 3.05) is 0 Å². The molecule has 0 bridgehead atoms. The first-order chi connectivity index (χ1) is 11.6. The first kappa shape index (κ1) is 16.4. The predicted octanol–water partition coefficient (Wildman–Crippen LogP) is 4.79. The Morgan fingerprint density at radius 3 is 2.38 bits per heavy atom. The molecule has 0 saturated heterocycles. The third kappa shape index (κ3) is 3.72. The molecule has 0 aliphatic carbocycles. The SMILES string of the molecule is O=C(c1cncnc1)C(Oc1ccc(Cl)cc1Cl)c1ccccc1. The molecule has 120 valence electrons. The molecule has 1 aromatic heterocycles. The predicted molar refractivity (Wildman–Crippen MR) is 92.6 cm³/mol. The molecule has 2 aromatic carbocycles. The maximum Gasteiger partial charge on any atom is 0.211 e. The van der Waals surface area contributed by atoms with Gasteiger partial charge in [0.2, 0.25) is 5.78 Å². The van der Waals surface area contributed by atoms with E-state index in [9.17, 15) is 4.79 Å². The van der Waals surface area contributed by atoms with Gasteiger partial charge in [0, 0.05) is 23.0 Å². The molecule has 0 radical (unpaired) electrons. The molecule has 0 saturated carbocycles. The largest absolute Gasteiger partial charge is 0.476 e. The summed E-state index contributed by atoms with van der Waals surface area (Å²) < 4.78 is 5.91. The number of ketones is 1. The van der Waals surface area contributed by atoms with Crippen molar-refractivity contribution >= 4 is 29.0 Å². The fourth-order valence-electron chi connectivity index (χ4n) is 2.18. The summed E-state index contributed by atoms with van der Waals surface area (Å²) in [4.78, 5) is 20.6. The number of halogens is 2. The molecule has 4 nitrogen and oxygen atoms in total. The highest BCUT2D eigenvalue weighted by atomic mass is 35.5. The van der Waals surface area contributed by atoms with Gasteiger partial charge >= 0.3 is 0 Å². The number of rotatable bonds is 5. The van der Waals surface area contributed by atoms with E-state index in [-0.39, 0.29) is 5.78 Å². The molecule has 1 unspecified atom stereocenters. The fourth-order valence-corrected chi connectivity index (χ4v) is 2.63. The average Bonchev–Trinajstić information content (AvgIpc) is 2.62. The minimum Gasteiger partial charge on any atom is -0.476 e. The number of aromatic nitrogens is 2. The molecule has 0 aliphatic rings. The van der Waals surface area contributed by atoms with Crippen molar-refractivity contribution in [1.29, 1.82) is 0 Å². The number of carbonyl (C=O) groups excluding carboxylic acids is 1. The third-order valence-electron chi connectivity index (χ3n) is 3.32. The Balaban J connectivity index is 1.98. The molecule has 1 heterocycles. The summed E-state index contributed by atoms with van der Waals surface area (Å²) in [5.74, 6) is 0.118. The van der Waals surface area contributed by atoms with E-state index in [0.29, 0.717) is 26.9 Å². The third-order valence-corrected chi connectivity index (χ3v) is 3.85. The zero-order valence-electron chi connectivity index (χ0n) is 12.4. The highest BCUT2D eigenvalue weighted by Gasteiger charge is 2.25. The Kier molecular flexibility index (Phi) is 5.08. The van der Waals surface area contributed by atoms with Gasteiger partial charge in [-0.25, -0.2) is 9.97 Å². The maximum absolute atomic E-state index is 12.9. The van der Waals surface area contributed by atoms with Gasteiger partial charge in [0.15, 0.2) is 6.10 Å². The lowest BCUT2D eigenvalue weighted by Gasteiger charge is -2.19. The Labute approximate surface area is 149 Å². The molecular weight excluding hydrogens is 347 g/mol. The zero-order chi connectivity index (χ0) is 16.9. The second kappa shape index (κ2) is 7.43. The molecule has 0 amide bonds. The van der Waals surface area contributed by atoms with E-state index in [1.807, 2.05) is 30.3 Å². The number of carbonyl (C=O) groups is 1. The Morgan fingerprint density at radius 2 is 1.71 bits per heavy atom. The summed E-state index contributed by atoms with van der Waals surface area (Å²) in [5, 5.41) is 0.826. The number of benzene rings is 2. The lowest BCUT2D eigenvalue weighted by molar-refractivity contribution is 0.0792. The molecular formula is C18H12Cl2N2O2. The van der Waals surface area contributed by atoms with Crippen molar-refractivity contribution in [1.82, 2.24) is 9.97 Å². The molecule has 3 rings (SSSR count). The normalized spacial score (nSPS) is 11.8. The van der Waals surface area contributed by atoms with Gasteiger partial charge in [0.25, 0.3) is 0 Å². The average molecular weight is 359 g/mol. The summed E-state index contributed by atoms with van der Waals surface area (Å²) in [6.07, 6.45) is 3.41. The van der Waals surface area contributed by atoms with Crippen molar-refractivity contribution in [2.24, 2.45) is 0 Å². The van der Waals surface area contributed by atoms with Crippen LogP contribution in [0, 0.1) is 0 Å². The van der Waals surface area contributed by atoms with Crippen LogP contribution in [0.25, 0.3) is 0 Å². The Hall–Kier alpha value is -2.43. The lowest BCUT2D eigenvalue weighted by atomic mass is 10.0. The second-order valence-electron chi connectivity index (χ2n) is 4.97. The number of hydrogen-bond acceptors (Lipinski definition) is 4. The van der Waals surface area contributed by atoms with E-state index in [0.717, 1.165) is 0 Å². The topological polar surface area (TPSA) is 52.1 Å². The molecule has 0 aliphatic heterocycles.